The van der Waals surface area contributed by atoms with Crippen LogP contribution in [0.25, 0.3) is 0 Å². The number of ketones is 1. The van der Waals surface area contributed by atoms with Gasteiger partial charge in [0.2, 0.25) is 0 Å². The average molecular weight is 207 g/mol. The number of allylic oxidation sites excluding steroid dienone is 1. The molecule has 0 aliphatic heterocycles. The highest BCUT2D eigenvalue weighted by Crippen LogP contribution is 2.20. The van der Waals surface area contributed by atoms with Gasteiger partial charge >= 0.3 is 0 Å². The molecule has 82 valence electrons. The molecule has 0 aliphatic carbocycles. The van der Waals surface area contributed by atoms with Gasteiger partial charge in [0, 0.05) is 43.2 Å². The lowest BCUT2D eigenvalue weighted by molar-refractivity contribution is 0.104. The van der Waals surface area contributed by atoms with E-state index in [1.54, 1.807) is 12.3 Å². The molecule has 0 saturated carbocycles. The van der Waals surface area contributed by atoms with E-state index in [4.69, 9.17) is 5.73 Å². The number of aryl methyl sites for hydroxylation is 1. The Morgan fingerprint density at radius 3 is 2.40 bits per heavy atom. The lowest BCUT2D eigenvalue weighted by Crippen LogP contribution is -2.04. The fourth-order valence-electron chi connectivity index (χ4n) is 1.44. The largest absolute Gasteiger partial charge is 0.385 e. The summed E-state index contributed by atoms with van der Waals surface area (Å²) in [6.07, 6.45) is 3.27. The van der Waals surface area contributed by atoms with Crippen LogP contribution in [0.4, 0.5) is 5.82 Å². The smallest absolute Gasteiger partial charge is 0.189 e. The molecule has 3 N–H and O–H groups in total. The normalized spacial score (nSPS) is 10.9. The zero-order valence-corrected chi connectivity index (χ0v) is 9.59. The maximum Gasteiger partial charge on any atom is 0.189 e. The van der Waals surface area contributed by atoms with E-state index in [9.17, 15) is 4.79 Å². The molecule has 1 rings (SSSR count). The predicted molar refractivity (Wildman–Crippen MR) is 61.8 cm³/mol. The SMILES string of the molecule is Cc1[nH]c(N)c(C)c1C(=O)/C=C/N(C)C. The highest BCUT2D eigenvalue weighted by Gasteiger charge is 2.14. The second-order valence-corrected chi connectivity index (χ2v) is 3.81. The summed E-state index contributed by atoms with van der Waals surface area (Å²) in [6, 6.07) is 0. The van der Waals surface area contributed by atoms with Gasteiger partial charge in [0.05, 0.1) is 0 Å². The van der Waals surface area contributed by atoms with Crippen molar-refractivity contribution in [3.63, 3.8) is 0 Å². The summed E-state index contributed by atoms with van der Waals surface area (Å²) in [5.41, 5.74) is 8.00. The lowest BCUT2D eigenvalue weighted by atomic mass is 10.1. The van der Waals surface area contributed by atoms with E-state index >= 15 is 0 Å². The maximum atomic E-state index is 11.8. The number of carbonyl (C=O) groups is 1. The van der Waals surface area contributed by atoms with Crippen LogP contribution in [0.2, 0.25) is 0 Å². The third-order valence-electron chi connectivity index (χ3n) is 2.25. The predicted octanol–water partition coefficient (Wildman–Crippen LogP) is 1.47. The van der Waals surface area contributed by atoms with Crippen molar-refractivity contribution < 1.29 is 4.79 Å². The fourth-order valence-corrected chi connectivity index (χ4v) is 1.44. The number of H-pyrrole nitrogens is 1. The summed E-state index contributed by atoms with van der Waals surface area (Å²) in [6.45, 7) is 3.69. The van der Waals surface area contributed by atoms with Crippen molar-refractivity contribution in [2.24, 2.45) is 0 Å². The molecule has 1 heterocycles. The Morgan fingerprint density at radius 1 is 1.40 bits per heavy atom. The summed E-state index contributed by atoms with van der Waals surface area (Å²) in [7, 11) is 3.74. The zero-order chi connectivity index (χ0) is 11.6. The molecule has 0 radical (unpaired) electrons. The minimum atomic E-state index is -0.0216. The van der Waals surface area contributed by atoms with E-state index in [0.717, 1.165) is 11.3 Å². The second-order valence-electron chi connectivity index (χ2n) is 3.81. The molecule has 4 heteroatoms. The first kappa shape index (κ1) is 11.4. The van der Waals surface area contributed by atoms with Crippen molar-refractivity contribution in [1.29, 1.82) is 0 Å². The molecule has 0 aliphatic rings. The summed E-state index contributed by atoms with van der Waals surface area (Å²) in [4.78, 5) is 16.6. The van der Waals surface area contributed by atoms with Crippen LogP contribution in [0.3, 0.4) is 0 Å². The molecule has 4 nitrogen and oxygen atoms in total. The van der Waals surface area contributed by atoms with Crippen LogP contribution in [0.15, 0.2) is 12.3 Å². The van der Waals surface area contributed by atoms with E-state index in [0.29, 0.717) is 11.4 Å². The Kier molecular flexibility index (Phi) is 3.19. The number of rotatable bonds is 3. The van der Waals surface area contributed by atoms with Gasteiger partial charge in [-0.05, 0) is 13.8 Å². The number of nitrogen functional groups attached to an aromatic ring is 1. The molecule has 0 fully saturated rings. The van der Waals surface area contributed by atoms with Gasteiger partial charge in [0.25, 0.3) is 0 Å². The number of nitrogens with zero attached hydrogens (tertiary/aromatic N) is 1. The Labute approximate surface area is 89.8 Å². The van der Waals surface area contributed by atoms with E-state index in [-0.39, 0.29) is 5.78 Å². The molecule has 0 unspecified atom stereocenters. The molecule has 0 bridgehead atoms. The Hall–Kier alpha value is -1.71. The van der Waals surface area contributed by atoms with Gasteiger partial charge in [-0.25, -0.2) is 0 Å². The van der Waals surface area contributed by atoms with Crippen LogP contribution in [-0.4, -0.2) is 29.8 Å². The summed E-state index contributed by atoms with van der Waals surface area (Å²) in [5.74, 6) is 0.542. The first-order valence-corrected chi connectivity index (χ1v) is 4.77. The van der Waals surface area contributed by atoms with Crippen molar-refractivity contribution in [1.82, 2.24) is 9.88 Å². The molecule has 15 heavy (non-hydrogen) atoms. The molecule has 0 aromatic carbocycles. The van der Waals surface area contributed by atoms with E-state index in [1.807, 2.05) is 32.8 Å². The standard InChI is InChI=1S/C11H17N3O/c1-7-10(8(2)13-11(7)12)9(15)5-6-14(3)4/h5-6,13H,12H2,1-4H3/b6-5+. The zero-order valence-electron chi connectivity index (χ0n) is 9.59. The van der Waals surface area contributed by atoms with E-state index < -0.39 is 0 Å². The van der Waals surface area contributed by atoms with Crippen LogP contribution < -0.4 is 5.73 Å². The third-order valence-corrected chi connectivity index (χ3v) is 2.25. The summed E-state index contributed by atoms with van der Waals surface area (Å²) >= 11 is 0. The molecule has 0 amide bonds. The average Bonchev–Trinajstić information content (AvgIpc) is 2.37. The molecular formula is C11H17N3O. The highest BCUT2D eigenvalue weighted by molar-refractivity contribution is 6.07. The second kappa shape index (κ2) is 4.21. The maximum absolute atomic E-state index is 11.8. The van der Waals surface area contributed by atoms with Gasteiger partial charge in [-0.2, -0.15) is 0 Å². The molecule has 0 saturated heterocycles. The Morgan fingerprint density at radius 2 is 2.00 bits per heavy atom. The Bertz CT molecular complexity index is 402. The number of nitrogens with one attached hydrogen (secondary N) is 1. The number of anilines is 1. The van der Waals surface area contributed by atoms with E-state index in [2.05, 4.69) is 4.98 Å². The Balaban J connectivity index is 3.01. The molecule has 1 aromatic rings. The number of carbonyl (C=O) groups excluding carboxylic acids is 1. The summed E-state index contributed by atoms with van der Waals surface area (Å²) in [5, 5.41) is 0. The fraction of sp³-hybridized carbons (Fsp3) is 0.364. The van der Waals surface area contributed by atoms with Gasteiger partial charge in [-0.1, -0.05) is 0 Å². The molecule has 0 spiro atoms. The van der Waals surface area contributed by atoms with Gasteiger partial charge in [-0.3, -0.25) is 4.79 Å². The van der Waals surface area contributed by atoms with Crippen LogP contribution in [0, 0.1) is 13.8 Å². The van der Waals surface area contributed by atoms with Crippen LogP contribution in [0.1, 0.15) is 21.6 Å². The minimum Gasteiger partial charge on any atom is -0.385 e. The lowest BCUT2D eigenvalue weighted by Gasteiger charge is -2.03. The first-order chi connectivity index (χ1) is 6.93. The molecule has 1 aromatic heterocycles. The monoisotopic (exact) mass is 207 g/mol. The highest BCUT2D eigenvalue weighted by atomic mass is 16.1. The van der Waals surface area contributed by atoms with Crippen molar-refractivity contribution in [3.05, 3.63) is 29.1 Å². The van der Waals surface area contributed by atoms with Crippen LogP contribution in [0.5, 0.6) is 0 Å². The van der Waals surface area contributed by atoms with Crippen molar-refractivity contribution in [3.8, 4) is 0 Å². The molecule has 0 atom stereocenters. The number of aromatic amines is 1. The van der Waals surface area contributed by atoms with Gasteiger partial charge in [0.15, 0.2) is 5.78 Å². The number of hydrogen-bond donors (Lipinski definition) is 2. The van der Waals surface area contributed by atoms with Crippen molar-refractivity contribution in [2.45, 2.75) is 13.8 Å². The van der Waals surface area contributed by atoms with Gasteiger partial charge in [-0.15, -0.1) is 0 Å². The minimum absolute atomic E-state index is 0.0216. The molecular weight excluding hydrogens is 190 g/mol. The quantitative estimate of drug-likeness (QED) is 0.583. The van der Waals surface area contributed by atoms with Crippen LogP contribution in [-0.2, 0) is 0 Å². The van der Waals surface area contributed by atoms with Crippen molar-refractivity contribution in [2.75, 3.05) is 19.8 Å². The van der Waals surface area contributed by atoms with Crippen LogP contribution >= 0.6 is 0 Å². The summed E-state index contributed by atoms with van der Waals surface area (Å²) < 4.78 is 0. The van der Waals surface area contributed by atoms with Gasteiger partial charge < -0.3 is 15.6 Å². The number of aromatic nitrogens is 1. The van der Waals surface area contributed by atoms with E-state index in [1.165, 1.54) is 0 Å². The first-order valence-electron chi connectivity index (χ1n) is 4.77. The van der Waals surface area contributed by atoms with Crippen molar-refractivity contribution >= 4 is 11.6 Å². The number of hydrogen-bond acceptors (Lipinski definition) is 3. The third kappa shape index (κ3) is 2.40. The number of nitrogens with two attached hydrogens (primary N) is 1. The topological polar surface area (TPSA) is 62.1 Å². The van der Waals surface area contributed by atoms with Gasteiger partial charge in [0.1, 0.15) is 5.82 Å².